The van der Waals surface area contributed by atoms with Crippen LogP contribution in [0.5, 0.6) is 0 Å². The average molecular weight is 403 g/mol. The van der Waals surface area contributed by atoms with Crippen molar-refractivity contribution in [1.82, 2.24) is 4.90 Å². The van der Waals surface area contributed by atoms with Crippen molar-refractivity contribution in [1.29, 1.82) is 0 Å². The van der Waals surface area contributed by atoms with Gasteiger partial charge in [-0.2, -0.15) is 0 Å². The predicted octanol–water partition coefficient (Wildman–Crippen LogP) is 4.49. The third kappa shape index (κ3) is 4.52. The second kappa shape index (κ2) is 8.03. The highest BCUT2D eigenvalue weighted by Crippen LogP contribution is 2.32. The molecular formula is C19H15ClN2O2S2. The molecule has 2 amide bonds. The molecule has 0 bridgehead atoms. The molecular weight excluding hydrogens is 388 g/mol. The lowest BCUT2D eigenvalue weighted by Crippen LogP contribution is -2.36. The molecule has 26 heavy (non-hydrogen) atoms. The number of hydrogen-bond acceptors (Lipinski definition) is 4. The van der Waals surface area contributed by atoms with Crippen LogP contribution in [0.2, 0.25) is 5.02 Å². The van der Waals surface area contributed by atoms with Crippen LogP contribution in [0.25, 0.3) is 6.08 Å². The van der Waals surface area contributed by atoms with E-state index in [0.29, 0.717) is 19.9 Å². The maximum absolute atomic E-state index is 12.6. The highest BCUT2D eigenvalue weighted by atomic mass is 35.5. The van der Waals surface area contributed by atoms with E-state index in [1.54, 1.807) is 30.3 Å². The molecule has 1 heterocycles. The number of amides is 2. The third-order valence-corrected chi connectivity index (χ3v) is 5.31. The Bertz CT molecular complexity index is 893. The number of rotatable bonds is 4. The van der Waals surface area contributed by atoms with Crippen molar-refractivity contribution in [3.63, 3.8) is 0 Å². The Balaban J connectivity index is 1.67. The summed E-state index contributed by atoms with van der Waals surface area (Å²) in [5, 5.41) is 3.31. The van der Waals surface area contributed by atoms with Crippen LogP contribution in [0.15, 0.2) is 53.4 Å². The molecule has 1 fully saturated rings. The minimum Gasteiger partial charge on any atom is -0.325 e. The molecule has 0 aliphatic carbocycles. The normalized spacial score (nSPS) is 15.6. The second-order valence-electron chi connectivity index (χ2n) is 5.73. The summed E-state index contributed by atoms with van der Waals surface area (Å²) in [6.45, 7) is 1.88. The minimum atomic E-state index is -0.319. The zero-order valence-electron chi connectivity index (χ0n) is 13.9. The fraction of sp³-hybridized carbons (Fsp3) is 0.105. The van der Waals surface area contributed by atoms with Crippen LogP contribution in [-0.2, 0) is 9.59 Å². The maximum Gasteiger partial charge on any atom is 0.266 e. The molecule has 0 radical (unpaired) electrons. The van der Waals surface area contributed by atoms with Crippen molar-refractivity contribution in [3.05, 3.63) is 69.6 Å². The largest absolute Gasteiger partial charge is 0.325 e. The molecule has 0 atom stereocenters. The van der Waals surface area contributed by atoms with E-state index in [0.717, 1.165) is 11.1 Å². The molecule has 3 rings (SSSR count). The highest BCUT2D eigenvalue weighted by molar-refractivity contribution is 8.26. The lowest BCUT2D eigenvalue weighted by Gasteiger charge is -2.14. The number of halogens is 1. The molecule has 1 aliphatic rings. The summed E-state index contributed by atoms with van der Waals surface area (Å²) in [6.07, 6.45) is 1.79. The predicted molar refractivity (Wildman–Crippen MR) is 111 cm³/mol. The number of carbonyl (C=O) groups is 2. The number of thiocarbonyl (C=S) groups is 1. The van der Waals surface area contributed by atoms with Gasteiger partial charge >= 0.3 is 0 Å². The fourth-order valence-corrected chi connectivity index (χ4v) is 3.71. The quantitative estimate of drug-likeness (QED) is 0.604. The summed E-state index contributed by atoms with van der Waals surface area (Å²) in [5.74, 6) is -0.577. The first-order valence-electron chi connectivity index (χ1n) is 7.80. The number of anilines is 1. The van der Waals surface area contributed by atoms with E-state index in [-0.39, 0.29) is 18.4 Å². The SMILES string of the molecule is Cc1ccc(C=C2SC(=S)N(CC(=O)Nc3ccc(Cl)cc3)C2=O)cc1. The molecule has 1 N–H and O–H groups in total. The first-order valence-corrected chi connectivity index (χ1v) is 9.40. The monoisotopic (exact) mass is 402 g/mol. The number of nitrogens with one attached hydrogen (secondary N) is 1. The number of aryl methyl sites for hydroxylation is 1. The first kappa shape index (κ1) is 18.6. The van der Waals surface area contributed by atoms with Gasteiger partial charge in [0, 0.05) is 10.7 Å². The molecule has 1 saturated heterocycles. The van der Waals surface area contributed by atoms with Gasteiger partial charge in [0.25, 0.3) is 5.91 Å². The molecule has 4 nitrogen and oxygen atoms in total. The third-order valence-electron chi connectivity index (χ3n) is 3.68. The maximum atomic E-state index is 12.6. The number of nitrogens with zero attached hydrogens (tertiary/aromatic N) is 1. The molecule has 0 aromatic heterocycles. The van der Waals surface area contributed by atoms with Gasteiger partial charge in [0.15, 0.2) is 0 Å². The van der Waals surface area contributed by atoms with Gasteiger partial charge in [-0.15, -0.1) is 0 Å². The van der Waals surface area contributed by atoms with E-state index in [2.05, 4.69) is 5.32 Å². The molecule has 0 spiro atoms. The van der Waals surface area contributed by atoms with Gasteiger partial charge in [-0.05, 0) is 42.8 Å². The highest BCUT2D eigenvalue weighted by Gasteiger charge is 2.33. The zero-order valence-corrected chi connectivity index (χ0v) is 16.3. The van der Waals surface area contributed by atoms with Crippen LogP contribution in [0.4, 0.5) is 5.69 Å². The van der Waals surface area contributed by atoms with Gasteiger partial charge in [0.05, 0.1) is 4.91 Å². The number of benzene rings is 2. The Kier molecular flexibility index (Phi) is 5.76. The van der Waals surface area contributed by atoms with Crippen molar-refractivity contribution in [2.45, 2.75) is 6.92 Å². The van der Waals surface area contributed by atoms with Crippen molar-refractivity contribution in [2.75, 3.05) is 11.9 Å². The van der Waals surface area contributed by atoms with Gasteiger partial charge in [0.1, 0.15) is 10.9 Å². The Hall–Kier alpha value is -2.15. The van der Waals surface area contributed by atoms with Crippen LogP contribution in [0.1, 0.15) is 11.1 Å². The topological polar surface area (TPSA) is 49.4 Å². The van der Waals surface area contributed by atoms with E-state index in [9.17, 15) is 9.59 Å². The van der Waals surface area contributed by atoms with Crippen molar-refractivity contribution in [2.24, 2.45) is 0 Å². The van der Waals surface area contributed by atoms with Crippen LogP contribution < -0.4 is 5.32 Å². The van der Waals surface area contributed by atoms with Gasteiger partial charge in [-0.3, -0.25) is 14.5 Å². The van der Waals surface area contributed by atoms with Crippen LogP contribution in [0.3, 0.4) is 0 Å². The molecule has 2 aromatic rings. The van der Waals surface area contributed by atoms with E-state index in [4.69, 9.17) is 23.8 Å². The van der Waals surface area contributed by atoms with Crippen molar-refractivity contribution >= 4 is 63.5 Å². The van der Waals surface area contributed by atoms with Gasteiger partial charge in [-0.1, -0.05) is 65.4 Å². The van der Waals surface area contributed by atoms with Crippen LogP contribution in [0, 0.1) is 6.92 Å². The van der Waals surface area contributed by atoms with Crippen molar-refractivity contribution < 1.29 is 9.59 Å². The Morgan fingerprint density at radius 3 is 2.50 bits per heavy atom. The van der Waals surface area contributed by atoms with E-state index < -0.39 is 0 Å². The van der Waals surface area contributed by atoms with E-state index in [1.807, 2.05) is 31.2 Å². The molecule has 1 aliphatic heterocycles. The molecule has 2 aromatic carbocycles. The van der Waals surface area contributed by atoms with Crippen LogP contribution >= 0.6 is 35.6 Å². The van der Waals surface area contributed by atoms with Crippen molar-refractivity contribution in [3.8, 4) is 0 Å². The molecule has 7 heteroatoms. The lowest BCUT2D eigenvalue weighted by molar-refractivity contribution is -0.126. The average Bonchev–Trinajstić information content (AvgIpc) is 2.86. The summed E-state index contributed by atoms with van der Waals surface area (Å²) >= 11 is 12.3. The Labute approximate surface area is 166 Å². The molecule has 0 unspecified atom stereocenters. The lowest BCUT2D eigenvalue weighted by atomic mass is 10.1. The summed E-state index contributed by atoms with van der Waals surface area (Å²) in [7, 11) is 0. The molecule has 132 valence electrons. The summed E-state index contributed by atoms with van der Waals surface area (Å²) in [4.78, 5) is 26.6. The second-order valence-corrected chi connectivity index (χ2v) is 7.85. The first-order chi connectivity index (χ1) is 12.4. The van der Waals surface area contributed by atoms with E-state index in [1.165, 1.54) is 16.7 Å². The smallest absolute Gasteiger partial charge is 0.266 e. The fourth-order valence-electron chi connectivity index (χ4n) is 2.33. The van der Waals surface area contributed by atoms with Gasteiger partial charge in [-0.25, -0.2) is 0 Å². The summed E-state index contributed by atoms with van der Waals surface area (Å²) in [6, 6.07) is 14.6. The Morgan fingerprint density at radius 1 is 1.19 bits per heavy atom. The summed E-state index contributed by atoms with van der Waals surface area (Å²) < 4.78 is 0.375. The van der Waals surface area contributed by atoms with Crippen LogP contribution in [-0.4, -0.2) is 27.6 Å². The zero-order chi connectivity index (χ0) is 18.7. The minimum absolute atomic E-state index is 0.126. The molecule has 0 saturated carbocycles. The van der Waals surface area contributed by atoms with E-state index >= 15 is 0 Å². The van der Waals surface area contributed by atoms with Gasteiger partial charge < -0.3 is 5.32 Å². The number of hydrogen-bond donors (Lipinski definition) is 1. The Morgan fingerprint density at radius 2 is 1.85 bits per heavy atom. The number of carbonyl (C=O) groups excluding carboxylic acids is 2. The standard InChI is InChI=1S/C19H15ClN2O2S2/c1-12-2-4-13(5-3-12)10-16-18(24)22(19(25)26-16)11-17(23)21-15-8-6-14(20)7-9-15/h2-10H,11H2,1H3,(H,21,23). The number of thioether (sulfide) groups is 1. The van der Waals surface area contributed by atoms with Gasteiger partial charge in [0.2, 0.25) is 5.91 Å². The summed E-state index contributed by atoms with van der Waals surface area (Å²) in [5.41, 5.74) is 2.68.